The minimum absolute atomic E-state index is 0.180. The molecule has 1 aliphatic rings. The van der Waals surface area contributed by atoms with E-state index >= 15 is 0 Å². The van der Waals surface area contributed by atoms with Gasteiger partial charge in [0, 0.05) is 25.9 Å². The summed E-state index contributed by atoms with van der Waals surface area (Å²) in [6.07, 6.45) is 0.196. The molecule has 1 aromatic carbocycles. The van der Waals surface area contributed by atoms with Crippen molar-refractivity contribution in [3.63, 3.8) is 0 Å². The van der Waals surface area contributed by atoms with Crippen LogP contribution in [0.3, 0.4) is 0 Å². The Morgan fingerprint density at radius 1 is 1.09 bits per heavy atom. The van der Waals surface area contributed by atoms with Crippen molar-refractivity contribution in [1.29, 1.82) is 0 Å². The quantitative estimate of drug-likeness (QED) is 0.517. The van der Waals surface area contributed by atoms with Crippen molar-refractivity contribution in [2.75, 3.05) is 20.2 Å². The number of carbonyl (C=O) groups is 3. The molecule has 0 aromatic heterocycles. The summed E-state index contributed by atoms with van der Waals surface area (Å²) in [5.41, 5.74) is -0.652. The summed E-state index contributed by atoms with van der Waals surface area (Å²) in [7, 11) is 1.29. The van der Waals surface area contributed by atoms with Crippen LogP contribution in [0.15, 0.2) is 30.3 Å². The highest BCUT2D eigenvalue weighted by molar-refractivity contribution is 5.81. The Bertz CT molecular complexity index is 779. The van der Waals surface area contributed by atoms with Gasteiger partial charge in [0.2, 0.25) is 0 Å². The minimum Gasteiger partial charge on any atom is -0.467 e. The lowest BCUT2D eigenvalue weighted by molar-refractivity contribution is -0.143. The van der Waals surface area contributed by atoms with Crippen LogP contribution in [0.4, 0.5) is 9.59 Å². The molecule has 2 rings (SSSR count). The molecule has 1 atom stereocenters. The lowest BCUT2D eigenvalue weighted by Crippen LogP contribution is -2.51. The third-order valence-corrected chi connectivity index (χ3v) is 5.30. The highest BCUT2D eigenvalue weighted by atomic mass is 16.6. The Morgan fingerprint density at radius 2 is 1.69 bits per heavy atom. The van der Waals surface area contributed by atoms with E-state index in [0.717, 1.165) is 5.56 Å². The second kappa shape index (κ2) is 10.7. The molecule has 0 bridgehead atoms. The summed E-state index contributed by atoms with van der Waals surface area (Å²) >= 11 is 0. The van der Waals surface area contributed by atoms with Crippen molar-refractivity contribution in [2.24, 2.45) is 5.92 Å². The van der Waals surface area contributed by atoms with Crippen LogP contribution >= 0.6 is 0 Å². The van der Waals surface area contributed by atoms with Gasteiger partial charge < -0.3 is 24.4 Å². The third kappa shape index (κ3) is 7.14. The lowest BCUT2D eigenvalue weighted by Gasteiger charge is -2.41. The lowest BCUT2D eigenvalue weighted by atomic mass is 9.84. The standard InChI is InChI=1S/C24H36N2O6/c1-17(2)16-19(20(27)30-6)25-21(28)31-24(18-10-8-7-9-11-18)12-14-26(15-13-24)22(29)32-23(3,4)5/h7-11,17,19H,12-16H2,1-6H3,(H,25,28)/t19-/m0/s1. The molecule has 1 aliphatic heterocycles. The van der Waals surface area contributed by atoms with E-state index in [4.69, 9.17) is 14.2 Å². The van der Waals surface area contributed by atoms with Crippen LogP contribution in [-0.2, 0) is 24.6 Å². The summed E-state index contributed by atoms with van der Waals surface area (Å²) < 4.78 is 16.3. The Balaban J connectivity index is 2.16. The number of piperidine rings is 1. The van der Waals surface area contributed by atoms with E-state index in [1.165, 1.54) is 7.11 Å². The number of nitrogens with zero attached hydrogens (tertiary/aromatic N) is 1. The zero-order valence-corrected chi connectivity index (χ0v) is 20.0. The molecule has 1 aromatic rings. The maximum absolute atomic E-state index is 12.9. The van der Waals surface area contributed by atoms with Crippen molar-refractivity contribution in [3.8, 4) is 0 Å². The number of rotatable bonds is 6. The Labute approximate surface area is 190 Å². The fourth-order valence-corrected chi connectivity index (χ4v) is 3.75. The molecule has 0 unspecified atom stereocenters. The topological polar surface area (TPSA) is 94.2 Å². The van der Waals surface area contributed by atoms with E-state index in [2.05, 4.69) is 5.32 Å². The van der Waals surface area contributed by atoms with Gasteiger partial charge in [0.25, 0.3) is 0 Å². The first kappa shape index (κ1) is 25.5. The van der Waals surface area contributed by atoms with Crippen LogP contribution in [0.2, 0.25) is 0 Å². The van der Waals surface area contributed by atoms with Crippen molar-refractivity contribution in [1.82, 2.24) is 10.2 Å². The largest absolute Gasteiger partial charge is 0.467 e. The number of nitrogens with one attached hydrogen (secondary N) is 1. The van der Waals surface area contributed by atoms with Gasteiger partial charge in [-0.3, -0.25) is 0 Å². The number of hydrogen-bond donors (Lipinski definition) is 1. The van der Waals surface area contributed by atoms with Crippen molar-refractivity contribution < 1.29 is 28.6 Å². The zero-order chi connectivity index (χ0) is 23.9. The zero-order valence-electron chi connectivity index (χ0n) is 20.0. The summed E-state index contributed by atoms with van der Waals surface area (Å²) in [5, 5.41) is 2.66. The summed E-state index contributed by atoms with van der Waals surface area (Å²) in [5.74, 6) is -0.330. The highest BCUT2D eigenvalue weighted by Gasteiger charge is 2.42. The maximum atomic E-state index is 12.9. The van der Waals surface area contributed by atoms with E-state index in [9.17, 15) is 14.4 Å². The first-order valence-corrected chi connectivity index (χ1v) is 11.1. The molecule has 1 N–H and O–H groups in total. The number of esters is 1. The Kier molecular flexibility index (Phi) is 8.52. The Morgan fingerprint density at radius 3 is 2.19 bits per heavy atom. The van der Waals surface area contributed by atoms with Crippen LogP contribution in [0.1, 0.15) is 59.4 Å². The third-order valence-electron chi connectivity index (χ3n) is 5.30. The molecule has 2 amide bonds. The van der Waals surface area contributed by atoms with Gasteiger partial charge in [-0.25, -0.2) is 14.4 Å². The van der Waals surface area contributed by atoms with Gasteiger partial charge in [-0.1, -0.05) is 44.2 Å². The number of carbonyl (C=O) groups excluding carboxylic acids is 3. The van der Waals surface area contributed by atoms with Crippen LogP contribution in [-0.4, -0.2) is 54.9 Å². The van der Waals surface area contributed by atoms with Gasteiger partial charge in [0.15, 0.2) is 0 Å². The molecule has 178 valence electrons. The summed E-state index contributed by atoms with van der Waals surface area (Å²) in [6.45, 7) is 10.1. The normalized spacial score (nSPS) is 16.8. The molecular weight excluding hydrogens is 412 g/mol. The molecule has 8 heteroatoms. The van der Waals surface area contributed by atoms with E-state index in [-0.39, 0.29) is 12.0 Å². The number of alkyl carbamates (subject to hydrolysis) is 1. The fourth-order valence-electron chi connectivity index (χ4n) is 3.75. The first-order chi connectivity index (χ1) is 15.0. The second-order valence-electron chi connectivity index (χ2n) is 9.57. The number of ether oxygens (including phenoxy) is 3. The molecule has 1 fully saturated rings. The molecular formula is C24H36N2O6. The summed E-state index contributed by atoms with van der Waals surface area (Å²) in [6, 6.07) is 8.68. The second-order valence-corrected chi connectivity index (χ2v) is 9.57. The monoisotopic (exact) mass is 448 g/mol. The van der Waals surface area contributed by atoms with Gasteiger partial charge in [-0.05, 0) is 38.7 Å². The van der Waals surface area contributed by atoms with Gasteiger partial charge in [-0.2, -0.15) is 0 Å². The predicted octanol–water partition coefficient (Wildman–Crippen LogP) is 4.23. The predicted molar refractivity (Wildman–Crippen MR) is 120 cm³/mol. The van der Waals surface area contributed by atoms with Gasteiger partial charge in [0.1, 0.15) is 17.2 Å². The average molecular weight is 449 g/mol. The fraction of sp³-hybridized carbons (Fsp3) is 0.625. The van der Waals surface area contributed by atoms with Crippen molar-refractivity contribution in [3.05, 3.63) is 35.9 Å². The molecule has 32 heavy (non-hydrogen) atoms. The number of benzene rings is 1. The van der Waals surface area contributed by atoms with Crippen LogP contribution in [0.5, 0.6) is 0 Å². The van der Waals surface area contributed by atoms with Crippen molar-refractivity contribution >= 4 is 18.2 Å². The summed E-state index contributed by atoms with van der Waals surface area (Å²) in [4.78, 5) is 39.1. The van der Waals surface area contributed by atoms with Crippen LogP contribution < -0.4 is 5.32 Å². The average Bonchev–Trinajstić information content (AvgIpc) is 2.72. The van der Waals surface area contributed by atoms with E-state index in [1.54, 1.807) is 4.90 Å². The van der Waals surface area contributed by atoms with Gasteiger partial charge in [-0.15, -0.1) is 0 Å². The molecule has 0 spiro atoms. The van der Waals surface area contributed by atoms with Gasteiger partial charge in [0.05, 0.1) is 7.11 Å². The minimum atomic E-state index is -0.914. The van der Waals surface area contributed by atoms with E-state index in [0.29, 0.717) is 32.4 Å². The highest BCUT2D eigenvalue weighted by Crippen LogP contribution is 2.37. The first-order valence-electron chi connectivity index (χ1n) is 11.1. The van der Waals surface area contributed by atoms with Crippen molar-refractivity contribution in [2.45, 2.75) is 71.1 Å². The van der Waals surface area contributed by atoms with Crippen LogP contribution in [0.25, 0.3) is 0 Å². The molecule has 8 nitrogen and oxygen atoms in total. The number of amides is 2. The maximum Gasteiger partial charge on any atom is 0.410 e. The molecule has 0 aliphatic carbocycles. The molecule has 0 saturated carbocycles. The SMILES string of the molecule is COC(=O)[C@H](CC(C)C)NC(=O)OC1(c2ccccc2)CCN(C(=O)OC(C)(C)C)CC1. The number of methoxy groups -OCH3 is 1. The van der Waals surface area contributed by atoms with Crippen LogP contribution in [0, 0.1) is 5.92 Å². The number of likely N-dealkylation sites (tertiary alicyclic amines) is 1. The van der Waals surface area contributed by atoms with E-state index in [1.807, 2.05) is 65.0 Å². The molecule has 0 radical (unpaired) electrons. The molecule has 1 saturated heterocycles. The number of hydrogen-bond acceptors (Lipinski definition) is 6. The smallest absolute Gasteiger partial charge is 0.410 e. The van der Waals surface area contributed by atoms with E-state index < -0.39 is 29.3 Å². The Hall–Kier alpha value is -2.77. The molecule has 1 heterocycles. The van der Waals surface area contributed by atoms with Gasteiger partial charge >= 0.3 is 18.2 Å².